The molecule has 0 bridgehead atoms. The number of amides is 2. The number of carbonyl (C=O) groups is 2. The molecular weight excluding hydrogens is 473 g/mol. The topological polar surface area (TPSA) is 96.0 Å². The van der Waals surface area contributed by atoms with Crippen LogP contribution < -0.4 is 14.4 Å². The highest BCUT2D eigenvalue weighted by atomic mass is 32.2. The van der Waals surface area contributed by atoms with Crippen LogP contribution in [0.25, 0.3) is 0 Å². The molecule has 0 heterocycles. The minimum atomic E-state index is -3.86. The van der Waals surface area contributed by atoms with Gasteiger partial charge in [-0.15, -0.1) is 0 Å². The van der Waals surface area contributed by atoms with Crippen LogP contribution in [0.1, 0.15) is 38.2 Å². The number of nitrogens with zero attached hydrogens (tertiary/aromatic N) is 2. The van der Waals surface area contributed by atoms with Gasteiger partial charge in [0.2, 0.25) is 21.8 Å². The maximum absolute atomic E-state index is 13.5. The van der Waals surface area contributed by atoms with Gasteiger partial charge in [0.05, 0.1) is 19.1 Å². The van der Waals surface area contributed by atoms with Gasteiger partial charge in [0, 0.05) is 12.6 Å². The summed E-state index contributed by atoms with van der Waals surface area (Å²) in [6.45, 7) is 1.21. The van der Waals surface area contributed by atoms with E-state index >= 15 is 0 Å². The van der Waals surface area contributed by atoms with Crippen molar-refractivity contribution in [1.29, 1.82) is 0 Å². The van der Waals surface area contributed by atoms with E-state index in [1.165, 1.54) is 17.0 Å². The number of halogens is 1. The van der Waals surface area contributed by atoms with Crippen molar-refractivity contribution in [3.8, 4) is 5.75 Å². The van der Waals surface area contributed by atoms with E-state index in [9.17, 15) is 22.4 Å². The molecule has 0 saturated heterocycles. The molecule has 1 saturated carbocycles. The highest BCUT2D eigenvalue weighted by molar-refractivity contribution is 7.92. The van der Waals surface area contributed by atoms with E-state index < -0.39 is 34.3 Å². The molecule has 1 aliphatic rings. The zero-order valence-electron chi connectivity index (χ0n) is 20.2. The van der Waals surface area contributed by atoms with Gasteiger partial charge in [0.25, 0.3) is 0 Å². The average Bonchev–Trinajstić information content (AvgIpc) is 3.34. The highest BCUT2D eigenvalue weighted by Crippen LogP contribution is 2.21. The quantitative estimate of drug-likeness (QED) is 0.535. The number of anilines is 1. The van der Waals surface area contributed by atoms with Gasteiger partial charge in [-0.05, 0) is 61.7 Å². The molecule has 1 N–H and O–H groups in total. The van der Waals surface area contributed by atoms with E-state index in [0.29, 0.717) is 5.75 Å². The van der Waals surface area contributed by atoms with Crippen molar-refractivity contribution in [2.75, 3.05) is 24.2 Å². The zero-order chi connectivity index (χ0) is 25.6. The summed E-state index contributed by atoms with van der Waals surface area (Å²) in [5.41, 5.74) is 0.919. The number of rotatable bonds is 10. The van der Waals surface area contributed by atoms with E-state index in [0.717, 1.165) is 53.9 Å². The molecule has 190 valence electrons. The Balaban J connectivity index is 1.86. The van der Waals surface area contributed by atoms with Gasteiger partial charge in [-0.1, -0.05) is 25.0 Å². The average molecular weight is 506 g/mol. The smallest absolute Gasteiger partial charge is 0.244 e. The summed E-state index contributed by atoms with van der Waals surface area (Å²) in [6.07, 6.45) is 4.88. The third kappa shape index (κ3) is 7.17. The van der Waals surface area contributed by atoms with Crippen LogP contribution in [-0.2, 0) is 26.2 Å². The Morgan fingerprint density at radius 1 is 1.09 bits per heavy atom. The minimum absolute atomic E-state index is 0.0784. The molecular formula is C25H32FN3O5S. The number of hydrogen-bond acceptors (Lipinski definition) is 5. The monoisotopic (exact) mass is 505 g/mol. The number of benzene rings is 2. The summed E-state index contributed by atoms with van der Waals surface area (Å²) in [4.78, 5) is 27.9. The number of ether oxygens (including phenoxy) is 1. The summed E-state index contributed by atoms with van der Waals surface area (Å²) in [5.74, 6) is -0.707. The lowest BCUT2D eigenvalue weighted by atomic mass is 10.1. The van der Waals surface area contributed by atoms with Crippen molar-refractivity contribution in [3.63, 3.8) is 0 Å². The molecule has 2 aromatic rings. The first-order valence-electron chi connectivity index (χ1n) is 11.5. The predicted molar refractivity (Wildman–Crippen MR) is 132 cm³/mol. The fraction of sp³-hybridized carbons (Fsp3) is 0.440. The molecule has 0 spiro atoms. The maximum Gasteiger partial charge on any atom is 0.244 e. The summed E-state index contributed by atoms with van der Waals surface area (Å²) in [7, 11) is -2.31. The van der Waals surface area contributed by atoms with Crippen LogP contribution in [0.4, 0.5) is 10.1 Å². The standard InChI is InChI=1S/C25H32FN3O5S/c1-18(25(31)27-21-6-4-5-7-21)28(16-19-8-14-23(34-2)15-9-19)24(30)17-29(35(3,32)33)22-12-10-20(26)11-13-22/h8-15,18,21H,4-7,16-17H2,1-3H3,(H,27,31)/t18-/m1/s1. The third-order valence-corrected chi connectivity index (χ3v) is 7.32. The minimum Gasteiger partial charge on any atom is -0.497 e. The van der Waals surface area contributed by atoms with Gasteiger partial charge >= 0.3 is 0 Å². The molecule has 0 aromatic heterocycles. The molecule has 0 aliphatic heterocycles. The molecule has 1 atom stereocenters. The number of methoxy groups -OCH3 is 1. The fourth-order valence-corrected chi connectivity index (χ4v) is 4.97. The number of nitrogens with one attached hydrogen (secondary N) is 1. The summed E-state index contributed by atoms with van der Waals surface area (Å²) in [5, 5.41) is 3.01. The predicted octanol–water partition coefficient (Wildman–Crippen LogP) is 3.08. The largest absolute Gasteiger partial charge is 0.497 e. The number of sulfonamides is 1. The Kier molecular flexibility index (Phi) is 8.71. The maximum atomic E-state index is 13.5. The fourth-order valence-electron chi connectivity index (χ4n) is 4.12. The Hall–Kier alpha value is -3.14. The molecule has 2 aromatic carbocycles. The van der Waals surface area contributed by atoms with Crippen molar-refractivity contribution in [2.24, 2.45) is 0 Å². The van der Waals surface area contributed by atoms with Crippen LogP contribution in [0, 0.1) is 5.82 Å². The van der Waals surface area contributed by atoms with E-state index in [2.05, 4.69) is 5.32 Å². The Labute approximate surface area is 206 Å². The van der Waals surface area contributed by atoms with Crippen LogP contribution in [0.3, 0.4) is 0 Å². The van der Waals surface area contributed by atoms with Gasteiger partial charge < -0.3 is 15.0 Å². The molecule has 1 aliphatic carbocycles. The van der Waals surface area contributed by atoms with Gasteiger partial charge in [-0.25, -0.2) is 12.8 Å². The van der Waals surface area contributed by atoms with E-state index in [4.69, 9.17) is 4.74 Å². The van der Waals surface area contributed by atoms with Crippen LogP contribution in [-0.4, -0.2) is 57.1 Å². The summed E-state index contributed by atoms with van der Waals surface area (Å²) >= 11 is 0. The Morgan fingerprint density at radius 3 is 2.23 bits per heavy atom. The summed E-state index contributed by atoms with van der Waals surface area (Å²) in [6, 6.07) is 11.2. The van der Waals surface area contributed by atoms with Gasteiger partial charge in [0.15, 0.2) is 0 Å². The Morgan fingerprint density at radius 2 is 1.69 bits per heavy atom. The first-order chi connectivity index (χ1) is 16.6. The van der Waals surface area contributed by atoms with E-state index in [-0.39, 0.29) is 24.2 Å². The molecule has 1 fully saturated rings. The molecule has 0 unspecified atom stereocenters. The second-order valence-electron chi connectivity index (χ2n) is 8.78. The summed E-state index contributed by atoms with van der Waals surface area (Å²) < 4.78 is 44.5. The SMILES string of the molecule is COc1ccc(CN(C(=O)CN(c2ccc(F)cc2)S(C)(=O)=O)[C@H](C)C(=O)NC2CCCC2)cc1. The number of carbonyl (C=O) groups excluding carboxylic acids is 2. The molecule has 0 radical (unpaired) electrons. The molecule has 10 heteroatoms. The van der Waals surface area contributed by atoms with E-state index in [1.54, 1.807) is 38.3 Å². The van der Waals surface area contributed by atoms with Crippen molar-refractivity contribution in [1.82, 2.24) is 10.2 Å². The highest BCUT2D eigenvalue weighted by Gasteiger charge is 2.31. The third-order valence-electron chi connectivity index (χ3n) is 6.17. The lowest BCUT2D eigenvalue weighted by molar-refractivity contribution is -0.139. The van der Waals surface area contributed by atoms with Crippen LogP contribution >= 0.6 is 0 Å². The van der Waals surface area contributed by atoms with Crippen LogP contribution in [0.15, 0.2) is 48.5 Å². The van der Waals surface area contributed by atoms with Crippen molar-refractivity contribution < 1.29 is 27.1 Å². The Bertz CT molecular complexity index is 1120. The van der Waals surface area contributed by atoms with Crippen LogP contribution in [0.5, 0.6) is 5.75 Å². The second kappa shape index (κ2) is 11.5. The lowest BCUT2D eigenvalue weighted by Crippen LogP contribution is -2.52. The zero-order valence-corrected chi connectivity index (χ0v) is 21.1. The van der Waals surface area contributed by atoms with Crippen molar-refractivity contribution in [3.05, 3.63) is 59.9 Å². The normalized spacial score (nSPS) is 14.9. The van der Waals surface area contributed by atoms with Crippen LogP contribution in [0.2, 0.25) is 0 Å². The van der Waals surface area contributed by atoms with E-state index in [1.807, 2.05) is 0 Å². The van der Waals surface area contributed by atoms with Crippen molar-refractivity contribution in [2.45, 2.75) is 51.2 Å². The molecule has 8 nitrogen and oxygen atoms in total. The van der Waals surface area contributed by atoms with Gasteiger partial charge in [-0.2, -0.15) is 0 Å². The first kappa shape index (κ1) is 26.5. The number of hydrogen-bond donors (Lipinski definition) is 1. The molecule has 35 heavy (non-hydrogen) atoms. The first-order valence-corrected chi connectivity index (χ1v) is 13.4. The molecule has 3 rings (SSSR count). The molecule has 2 amide bonds. The van der Waals surface area contributed by atoms with Gasteiger partial charge in [0.1, 0.15) is 24.2 Å². The van der Waals surface area contributed by atoms with Gasteiger partial charge in [-0.3, -0.25) is 13.9 Å². The second-order valence-corrected chi connectivity index (χ2v) is 10.7. The van der Waals surface area contributed by atoms with Crippen molar-refractivity contribution >= 4 is 27.5 Å². The lowest BCUT2D eigenvalue weighted by Gasteiger charge is -2.32.